The number of alkyl halides is 1. The third-order valence-electron chi connectivity index (χ3n) is 11.5. The maximum Gasteiger partial charge on any atom is 0.342 e. The van der Waals surface area contributed by atoms with Crippen LogP contribution in [0.1, 0.15) is 73.3 Å². The van der Waals surface area contributed by atoms with Crippen LogP contribution in [0.3, 0.4) is 0 Å². The minimum Gasteiger partial charge on any atom is -0.469 e. The van der Waals surface area contributed by atoms with E-state index in [2.05, 4.69) is 18.1 Å². The monoisotopic (exact) mass is 622 g/mol. The number of benzene rings is 1. The van der Waals surface area contributed by atoms with Crippen molar-refractivity contribution in [2.75, 3.05) is 6.01 Å². The van der Waals surface area contributed by atoms with Crippen LogP contribution in [0.2, 0.25) is 0 Å². The lowest BCUT2D eigenvalue weighted by atomic mass is 9.45. The van der Waals surface area contributed by atoms with E-state index >= 15 is 0 Å². The fourth-order valence-corrected chi connectivity index (χ4v) is 10.2. The number of carbonyl (C=O) groups excluding carboxylic acids is 2. The summed E-state index contributed by atoms with van der Waals surface area (Å²) in [7, 11) is 0. The van der Waals surface area contributed by atoms with Crippen molar-refractivity contribution in [3.8, 4) is 5.69 Å². The minimum atomic E-state index is -1.56. The van der Waals surface area contributed by atoms with Gasteiger partial charge < -0.3 is 14.3 Å². The van der Waals surface area contributed by atoms with Gasteiger partial charge in [0.05, 0.1) is 29.9 Å². The average Bonchev–Trinajstić information content (AvgIpc) is 3.67. The van der Waals surface area contributed by atoms with Gasteiger partial charge in [0, 0.05) is 5.41 Å². The Morgan fingerprint density at radius 1 is 1.20 bits per heavy atom. The molecule has 2 aromatic heterocycles. The van der Waals surface area contributed by atoms with Crippen molar-refractivity contribution in [2.45, 2.75) is 71.0 Å². The summed E-state index contributed by atoms with van der Waals surface area (Å²) in [6.07, 6.45) is 8.23. The summed E-state index contributed by atoms with van der Waals surface area (Å²) in [5, 5.41) is 16.2. The molecule has 1 aromatic carbocycles. The van der Waals surface area contributed by atoms with Crippen LogP contribution in [0.5, 0.6) is 0 Å². The standard InChI is InChI=1S/C34H36F2N2O5S/c1-19-24(11-13-42-19)30(40)43-34(31(41)44-18-35)12-10-26-25-9-4-21-14-27-20(17-37-38(27)23-7-5-22(36)6-8-23)15-32(21,2)29(25)28(39)16-33(26,34)3/h5-8,11,13-14,17,25-26,28-29,39H,4,9-10,12,15-16,18H2,1-3H3/t25-,26-,28-,29+,32-,33-,34-/m0/s1. The largest absolute Gasteiger partial charge is 0.469 e. The third kappa shape index (κ3) is 4.12. The second-order valence-corrected chi connectivity index (χ2v) is 14.3. The number of hydrogen-bond donors (Lipinski definition) is 1. The fraction of sp³-hybridized carbons (Fsp3) is 0.500. The van der Waals surface area contributed by atoms with Crippen LogP contribution in [0.15, 0.2) is 52.8 Å². The number of thioether (sulfide) groups is 1. The molecule has 0 spiro atoms. The molecule has 7 rings (SSSR count). The maximum absolute atomic E-state index is 13.8. The Labute approximate surface area is 259 Å². The molecule has 0 radical (unpaired) electrons. The first-order valence-corrected chi connectivity index (χ1v) is 16.2. The molecule has 0 unspecified atom stereocenters. The SMILES string of the molecule is Cc1occc1C(=O)O[C@]1(C(=O)SCF)CC[C@H]2[C@@H]3CCC4=Cc5c(cnn5-c5ccc(F)cc5)C[C@]4(C)[C@H]3[C@@H](O)C[C@@]21C. The first-order chi connectivity index (χ1) is 21.0. The van der Waals surface area contributed by atoms with Crippen molar-refractivity contribution in [3.63, 3.8) is 0 Å². The normalized spacial score (nSPS) is 33.9. The van der Waals surface area contributed by atoms with Gasteiger partial charge in [-0.25, -0.2) is 18.3 Å². The number of aryl methyl sites for hydroxylation is 1. The molecule has 0 bridgehead atoms. The molecule has 0 saturated heterocycles. The van der Waals surface area contributed by atoms with Gasteiger partial charge in [-0.2, -0.15) is 5.10 Å². The van der Waals surface area contributed by atoms with Crippen molar-refractivity contribution in [3.05, 3.63) is 76.8 Å². The summed E-state index contributed by atoms with van der Waals surface area (Å²) in [4.78, 5) is 27.2. The van der Waals surface area contributed by atoms with E-state index in [0.717, 1.165) is 29.8 Å². The summed E-state index contributed by atoms with van der Waals surface area (Å²) in [5.41, 5.74) is 1.57. The van der Waals surface area contributed by atoms with Gasteiger partial charge in [-0.05, 0) is 122 Å². The quantitative estimate of drug-likeness (QED) is 0.311. The van der Waals surface area contributed by atoms with E-state index in [1.165, 1.54) is 30.0 Å². The summed E-state index contributed by atoms with van der Waals surface area (Å²) in [6.45, 7) is 5.84. The highest BCUT2D eigenvalue weighted by Crippen LogP contribution is 2.69. The molecule has 4 aliphatic carbocycles. The number of esters is 1. The molecule has 1 N–H and O–H groups in total. The van der Waals surface area contributed by atoms with Gasteiger partial charge in [-0.15, -0.1) is 0 Å². The molecule has 0 amide bonds. The Kier molecular flexibility index (Phi) is 6.97. The molecule has 232 valence electrons. The number of hydrogen-bond acceptors (Lipinski definition) is 7. The Bertz CT molecular complexity index is 1670. The number of allylic oxidation sites excluding steroid dienone is 1. The second kappa shape index (κ2) is 10.4. The number of fused-ring (bicyclic) bond motifs is 6. The molecule has 10 heteroatoms. The zero-order valence-electron chi connectivity index (χ0n) is 25.0. The predicted octanol–water partition coefficient (Wildman–Crippen LogP) is 6.85. The van der Waals surface area contributed by atoms with Gasteiger partial charge in [0.25, 0.3) is 0 Å². The van der Waals surface area contributed by atoms with E-state index in [0.29, 0.717) is 30.4 Å². The van der Waals surface area contributed by atoms with Crippen molar-refractivity contribution in [1.29, 1.82) is 0 Å². The molecule has 7 atom stereocenters. The lowest BCUT2D eigenvalue weighted by molar-refractivity contribution is -0.174. The highest BCUT2D eigenvalue weighted by atomic mass is 32.2. The van der Waals surface area contributed by atoms with E-state index in [1.807, 2.05) is 17.8 Å². The van der Waals surface area contributed by atoms with Crippen molar-refractivity contribution in [1.82, 2.24) is 9.78 Å². The van der Waals surface area contributed by atoms with Crippen molar-refractivity contribution in [2.24, 2.45) is 28.6 Å². The van der Waals surface area contributed by atoms with Gasteiger partial charge in [0.1, 0.15) is 23.1 Å². The molecule has 4 aliphatic rings. The fourth-order valence-electron chi connectivity index (χ4n) is 9.48. The molecule has 44 heavy (non-hydrogen) atoms. The van der Waals surface area contributed by atoms with E-state index in [9.17, 15) is 23.5 Å². The number of ether oxygens (including phenoxy) is 1. The highest BCUT2D eigenvalue weighted by molar-refractivity contribution is 8.13. The smallest absolute Gasteiger partial charge is 0.342 e. The topological polar surface area (TPSA) is 94.6 Å². The predicted molar refractivity (Wildman–Crippen MR) is 161 cm³/mol. The number of nitrogens with zero attached hydrogens (tertiary/aromatic N) is 2. The summed E-state index contributed by atoms with van der Waals surface area (Å²) in [5.74, 6) is -0.572. The molecule has 0 aliphatic heterocycles. The number of carbonyl (C=O) groups is 2. The van der Waals surface area contributed by atoms with E-state index < -0.39 is 34.2 Å². The van der Waals surface area contributed by atoms with Crippen LogP contribution < -0.4 is 0 Å². The minimum absolute atomic E-state index is 0.0000169. The number of rotatable bonds is 5. The van der Waals surface area contributed by atoms with Gasteiger partial charge in [0.2, 0.25) is 5.12 Å². The van der Waals surface area contributed by atoms with Crippen LogP contribution in [0.25, 0.3) is 11.8 Å². The first kappa shape index (κ1) is 29.5. The molecule has 7 nitrogen and oxygen atoms in total. The van der Waals surface area contributed by atoms with Gasteiger partial charge in [-0.1, -0.05) is 19.4 Å². The molecular formula is C34H36F2N2O5S. The third-order valence-corrected chi connectivity index (χ3v) is 12.2. The summed E-state index contributed by atoms with van der Waals surface area (Å²) in [6, 6.07) is 6.88. The zero-order chi connectivity index (χ0) is 31.0. The Morgan fingerprint density at radius 3 is 2.68 bits per heavy atom. The van der Waals surface area contributed by atoms with Crippen LogP contribution in [-0.4, -0.2) is 43.7 Å². The molecular weight excluding hydrogens is 586 g/mol. The van der Waals surface area contributed by atoms with E-state index in [4.69, 9.17) is 9.15 Å². The zero-order valence-corrected chi connectivity index (χ0v) is 25.8. The number of aromatic nitrogens is 2. The van der Waals surface area contributed by atoms with Crippen molar-refractivity contribution < 1.29 is 32.6 Å². The molecule has 3 fully saturated rings. The molecule has 3 saturated carbocycles. The number of furan rings is 1. The van der Waals surface area contributed by atoms with Gasteiger partial charge in [0.15, 0.2) is 5.60 Å². The van der Waals surface area contributed by atoms with E-state index in [1.54, 1.807) is 19.1 Å². The van der Waals surface area contributed by atoms with Crippen molar-refractivity contribution >= 4 is 28.9 Å². The van der Waals surface area contributed by atoms with Crippen LogP contribution >= 0.6 is 11.8 Å². The second-order valence-electron chi connectivity index (χ2n) is 13.4. The number of aliphatic hydroxyl groups excluding tert-OH is 1. The Hall–Kier alpha value is -3.24. The first-order valence-electron chi connectivity index (χ1n) is 15.2. The van der Waals surface area contributed by atoms with Gasteiger partial charge in [-0.3, -0.25) is 4.79 Å². The van der Waals surface area contributed by atoms with Crippen LogP contribution in [-0.2, 0) is 16.0 Å². The van der Waals surface area contributed by atoms with Crippen LogP contribution in [0.4, 0.5) is 8.78 Å². The molecule has 2 heterocycles. The number of aliphatic hydroxyl groups is 1. The Balaban J connectivity index is 1.23. The molecule has 3 aromatic rings. The summed E-state index contributed by atoms with van der Waals surface area (Å²) < 4.78 is 40.6. The lowest BCUT2D eigenvalue weighted by Gasteiger charge is -2.60. The average molecular weight is 623 g/mol. The Morgan fingerprint density at radius 2 is 1.98 bits per heavy atom. The lowest BCUT2D eigenvalue weighted by Crippen LogP contribution is -2.62. The highest BCUT2D eigenvalue weighted by Gasteiger charge is 2.70. The maximum atomic E-state index is 13.8. The van der Waals surface area contributed by atoms with Crippen LogP contribution in [0, 0.1) is 41.3 Å². The van der Waals surface area contributed by atoms with Gasteiger partial charge >= 0.3 is 5.97 Å². The summed E-state index contributed by atoms with van der Waals surface area (Å²) >= 11 is 0.540. The number of halogens is 2. The van der Waals surface area contributed by atoms with E-state index in [-0.39, 0.29) is 47.4 Å².